The number of rotatable bonds is 11. The van der Waals surface area contributed by atoms with Crippen molar-refractivity contribution < 1.29 is 18.0 Å². The van der Waals surface area contributed by atoms with Crippen molar-refractivity contribution >= 4 is 21.8 Å². The molecule has 2 rings (SSSR count). The minimum absolute atomic E-state index is 0.0471. The van der Waals surface area contributed by atoms with Crippen molar-refractivity contribution in [3.05, 3.63) is 29.8 Å². The molecule has 31 heavy (non-hydrogen) atoms. The van der Waals surface area contributed by atoms with Gasteiger partial charge in [-0.15, -0.1) is 0 Å². The second-order valence-corrected chi connectivity index (χ2v) is 9.99. The van der Waals surface area contributed by atoms with Gasteiger partial charge in [-0.05, 0) is 43.4 Å². The van der Waals surface area contributed by atoms with Gasteiger partial charge in [-0.1, -0.05) is 39.3 Å². The maximum absolute atomic E-state index is 12.7. The summed E-state index contributed by atoms with van der Waals surface area (Å²) in [6.07, 6.45) is 4.58. The minimum Gasteiger partial charge on any atom is -0.356 e. The van der Waals surface area contributed by atoms with E-state index in [9.17, 15) is 18.0 Å². The monoisotopic (exact) mass is 451 g/mol. The first-order chi connectivity index (χ1) is 14.8. The summed E-state index contributed by atoms with van der Waals surface area (Å²) in [5.41, 5.74) is 0.928. The number of hydrogen-bond acceptors (Lipinski definition) is 4. The molecule has 2 amide bonds. The summed E-state index contributed by atoms with van der Waals surface area (Å²) in [5.74, 6) is -0.0269. The fourth-order valence-electron chi connectivity index (χ4n) is 3.90. The average molecular weight is 452 g/mol. The topological polar surface area (TPSA) is 86.8 Å². The van der Waals surface area contributed by atoms with Gasteiger partial charge in [0, 0.05) is 39.1 Å². The molecule has 0 bridgehead atoms. The second kappa shape index (κ2) is 12.2. The number of carbonyl (C=O) groups is 2. The first kappa shape index (κ1) is 25.3. The van der Waals surface area contributed by atoms with Crippen LogP contribution in [0.4, 0.5) is 0 Å². The predicted molar refractivity (Wildman–Crippen MR) is 122 cm³/mol. The van der Waals surface area contributed by atoms with E-state index < -0.39 is 10.0 Å². The number of aryl methyl sites for hydroxylation is 1. The standard InChI is InChI=1S/C23H37N3O4S/c1-4-7-16-24-23(28)20-9-8-17-25(18-20)22(27)15-12-19-10-13-21(14-11-19)31(29,30)26(5-2)6-3/h10-11,13-14,20H,4-9,12,15-18H2,1-3H3,(H,24,28). The molecule has 1 fully saturated rings. The molecule has 0 spiro atoms. The van der Waals surface area contributed by atoms with E-state index in [1.54, 1.807) is 29.2 Å². The van der Waals surface area contributed by atoms with Crippen LogP contribution in [0.5, 0.6) is 0 Å². The SMILES string of the molecule is CCCCNC(=O)C1CCCN(C(=O)CCc2ccc(S(=O)(=O)N(CC)CC)cc2)C1. The van der Waals surface area contributed by atoms with Crippen molar-refractivity contribution in [3.8, 4) is 0 Å². The first-order valence-corrected chi connectivity index (χ1v) is 12.9. The van der Waals surface area contributed by atoms with Crippen LogP contribution in [0.1, 0.15) is 58.4 Å². The van der Waals surface area contributed by atoms with Gasteiger partial charge in [-0.2, -0.15) is 4.31 Å². The molecule has 1 aromatic carbocycles. The lowest BCUT2D eigenvalue weighted by atomic mass is 9.96. The van der Waals surface area contributed by atoms with E-state index >= 15 is 0 Å². The van der Waals surface area contributed by atoms with E-state index in [1.807, 2.05) is 13.8 Å². The summed E-state index contributed by atoms with van der Waals surface area (Å²) in [6.45, 7) is 8.47. The largest absolute Gasteiger partial charge is 0.356 e. The van der Waals surface area contributed by atoms with Gasteiger partial charge in [0.25, 0.3) is 0 Å². The number of carbonyl (C=O) groups excluding carboxylic acids is 2. The van der Waals surface area contributed by atoms with Crippen molar-refractivity contribution in [1.29, 1.82) is 0 Å². The molecule has 1 aromatic rings. The third-order valence-electron chi connectivity index (χ3n) is 5.87. The molecule has 1 unspecified atom stereocenters. The van der Waals surface area contributed by atoms with Gasteiger partial charge in [0.2, 0.25) is 21.8 Å². The van der Waals surface area contributed by atoms with Gasteiger partial charge in [0.1, 0.15) is 0 Å². The molecule has 174 valence electrons. The molecule has 8 heteroatoms. The number of nitrogens with one attached hydrogen (secondary N) is 1. The zero-order valence-electron chi connectivity index (χ0n) is 19.1. The van der Waals surface area contributed by atoms with Crippen molar-refractivity contribution in [3.63, 3.8) is 0 Å². The minimum atomic E-state index is -3.47. The lowest BCUT2D eigenvalue weighted by Crippen LogP contribution is -2.45. The zero-order chi connectivity index (χ0) is 22.9. The van der Waals surface area contributed by atoms with E-state index in [0.29, 0.717) is 45.6 Å². The molecule has 7 nitrogen and oxygen atoms in total. The van der Waals surface area contributed by atoms with Gasteiger partial charge in [-0.3, -0.25) is 9.59 Å². The van der Waals surface area contributed by atoms with Crippen LogP contribution >= 0.6 is 0 Å². The third kappa shape index (κ3) is 7.04. The molecule has 1 aliphatic heterocycles. The zero-order valence-corrected chi connectivity index (χ0v) is 19.9. The van der Waals surface area contributed by atoms with Gasteiger partial charge >= 0.3 is 0 Å². The molecule has 0 radical (unpaired) electrons. The molecule has 1 N–H and O–H groups in total. The van der Waals surface area contributed by atoms with Crippen molar-refractivity contribution in [2.45, 2.75) is 64.2 Å². The molecule has 1 atom stereocenters. The highest BCUT2D eigenvalue weighted by atomic mass is 32.2. The van der Waals surface area contributed by atoms with Crippen LogP contribution in [0, 0.1) is 5.92 Å². The Labute approximate surface area is 187 Å². The molecular weight excluding hydrogens is 414 g/mol. The maximum atomic E-state index is 12.7. The quantitative estimate of drug-likeness (QED) is 0.524. The first-order valence-electron chi connectivity index (χ1n) is 11.5. The van der Waals surface area contributed by atoms with Crippen LogP contribution in [0.15, 0.2) is 29.2 Å². The number of amides is 2. The number of benzene rings is 1. The third-order valence-corrected chi connectivity index (χ3v) is 7.93. The van der Waals surface area contributed by atoms with Crippen LogP contribution in [-0.2, 0) is 26.0 Å². The van der Waals surface area contributed by atoms with Gasteiger partial charge < -0.3 is 10.2 Å². The predicted octanol–water partition coefficient (Wildman–Crippen LogP) is 2.80. The van der Waals surface area contributed by atoms with E-state index in [1.165, 1.54) is 4.31 Å². The summed E-state index contributed by atoms with van der Waals surface area (Å²) >= 11 is 0. The Morgan fingerprint density at radius 1 is 1.13 bits per heavy atom. The van der Waals surface area contributed by atoms with Crippen molar-refractivity contribution in [2.75, 3.05) is 32.7 Å². The summed E-state index contributed by atoms with van der Waals surface area (Å²) in [7, 11) is -3.47. The lowest BCUT2D eigenvalue weighted by Gasteiger charge is -2.32. The van der Waals surface area contributed by atoms with E-state index in [4.69, 9.17) is 0 Å². The van der Waals surface area contributed by atoms with Gasteiger partial charge in [-0.25, -0.2) is 8.42 Å². The number of nitrogens with zero attached hydrogens (tertiary/aromatic N) is 2. The number of sulfonamides is 1. The molecule has 0 aromatic heterocycles. The molecule has 0 aliphatic carbocycles. The van der Waals surface area contributed by atoms with Crippen LogP contribution in [0.3, 0.4) is 0 Å². The Morgan fingerprint density at radius 2 is 1.81 bits per heavy atom. The molecule has 0 saturated carbocycles. The average Bonchev–Trinajstić information content (AvgIpc) is 2.78. The van der Waals surface area contributed by atoms with E-state index in [0.717, 1.165) is 31.2 Å². The molecule has 1 saturated heterocycles. The van der Waals surface area contributed by atoms with Gasteiger partial charge in [0.05, 0.1) is 10.8 Å². The molecule has 1 aliphatic rings. The number of unbranched alkanes of at least 4 members (excludes halogenated alkanes) is 1. The van der Waals surface area contributed by atoms with E-state index in [-0.39, 0.29) is 22.6 Å². The fourth-order valence-corrected chi connectivity index (χ4v) is 5.36. The van der Waals surface area contributed by atoms with Gasteiger partial charge in [0.15, 0.2) is 0 Å². The lowest BCUT2D eigenvalue weighted by molar-refractivity contribution is -0.135. The number of hydrogen-bond donors (Lipinski definition) is 1. The Kier molecular flexibility index (Phi) is 9.96. The Hall–Kier alpha value is -1.93. The highest BCUT2D eigenvalue weighted by molar-refractivity contribution is 7.89. The van der Waals surface area contributed by atoms with Crippen LogP contribution in [-0.4, -0.2) is 62.2 Å². The van der Waals surface area contributed by atoms with Crippen LogP contribution < -0.4 is 5.32 Å². The smallest absolute Gasteiger partial charge is 0.243 e. The van der Waals surface area contributed by atoms with Crippen LogP contribution in [0.2, 0.25) is 0 Å². The second-order valence-electron chi connectivity index (χ2n) is 8.06. The summed E-state index contributed by atoms with van der Waals surface area (Å²) in [5, 5.41) is 2.97. The summed E-state index contributed by atoms with van der Waals surface area (Å²) in [6, 6.07) is 6.80. The Morgan fingerprint density at radius 3 is 2.42 bits per heavy atom. The Balaban J connectivity index is 1.88. The van der Waals surface area contributed by atoms with E-state index in [2.05, 4.69) is 12.2 Å². The summed E-state index contributed by atoms with van der Waals surface area (Å²) < 4.78 is 26.6. The van der Waals surface area contributed by atoms with Crippen molar-refractivity contribution in [1.82, 2.24) is 14.5 Å². The number of likely N-dealkylation sites (tertiary alicyclic amines) is 1. The van der Waals surface area contributed by atoms with Crippen LogP contribution in [0.25, 0.3) is 0 Å². The molecule has 1 heterocycles. The summed E-state index contributed by atoms with van der Waals surface area (Å²) in [4.78, 5) is 27.1. The highest BCUT2D eigenvalue weighted by Gasteiger charge is 2.28. The Bertz CT molecular complexity index is 820. The number of piperidine rings is 1. The normalized spacial score (nSPS) is 17.0. The maximum Gasteiger partial charge on any atom is 0.243 e. The molecular formula is C23H37N3O4S. The fraction of sp³-hybridized carbons (Fsp3) is 0.652. The highest BCUT2D eigenvalue weighted by Crippen LogP contribution is 2.20. The van der Waals surface area contributed by atoms with Crippen molar-refractivity contribution in [2.24, 2.45) is 5.92 Å².